The second kappa shape index (κ2) is 10.8. The minimum absolute atomic E-state index is 0.0530. The van der Waals surface area contributed by atoms with Crippen LogP contribution in [0.15, 0.2) is 48.5 Å². The SMILES string of the molecule is CCC(C)c1ccc(OCCCn2c(C(C)NC(=O)C3CCCO3)nc3ccccc32)cc1. The Balaban J connectivity index is 1.39. The highest BCUT2D eigenvalue weighted by atomic mass is 16.5. The third kappa shape index (κ3) is 5.56. The van der Waals surface area contributed by atoms with Gasteiger partial charge in [-0.3, -0.25) is 4.79 Å². The molecule has 1 aliphatic rings. The molecular weight excluding hydrogens is 414 g/mol. The highest BCUT2D eigenvalue weighted by Crippen LogP contribution is 2.24. The van der Waals surface area contributed by atoms with Crippen molar-refractivity contribution in [3.8, 4) is 5.75 Å². The van der Waals surface area contributed by atoms with Crippen LogP contribution in [0.5, 0.6) is 5.75 Å². The minimum atomic E-state index is -0.342. The Morgan fingerprint density at radius 3 is 2.73 bits per heavy atom. The molecule has 176 valence electrons. The Kier molecular flexibility index (Phi) is 7.65. The number of aromatic nitrogens is 2. The zero-order valence-electron chi connectivity index (χ0n) is 19.9. The molecule has 33 heavy (non-hydrogen) atoms. The average molecular weight is 450 g/mol. The zero-order chi connectivity index (χ0) is 23.2. The van der Waals surface area contributed by atoms with Gasteiger partial charge in [0.2, 0.25) is 5.91 Å². The monoisotopic (exact) mass is 449 g/mol. The van der Waals surface area contributed by atoms with Crippen LogP contribution in [0.4, 0.5) is 0 Å². The molecule has 1 aliphatic heterocycles. The number of amides is 1. The van der Waals surface area contributed by atoms with Crippen LogP contribution in [0.25, 0.3) is 11.0 Å². The standard InChI is InChI=1S/C27H35N3O3/c1-4-19(2)21-12-14-22(15-13-21)32-18-8-16-30-24-10-6-5-9-23(24)29-26(30)20(3)28-27(31)25-11-7-17-33-25/h5-6,9-10,12-15,19-20,25H,4,7-8,11,16-18H2,1-3H3,(H,28,31). The van der Waals surface area contributed by atoms with Crippen LogP contribution in [0.3, 0.4) is 0 Å². The number of rotatable bonds is 10. The molecule has 6 nitrogen and oxygen atoms in total. The topological polar surface area (TPSA) is 65.4 Å². The Morgan fingerprint density at radius 2 is 2.00 bits per heavy atom. The number of fused-ring (bicyclic) bond motifs is 1. The summed E-state index contributed by atoms with van der Waals surface area (Å²) in [4.78, 5) is 17.4. The lowest BCUT2D eigenvalue weighted by atomic mass is 9.99. The van der Waals surface area contributed by atoms with E-state index in [-0.39, 0.29) is 18.1 Å². The minimum Gasteiger partial charge on any atom is -0.494 e. The van der Waals surface area contributed by atoms with Crippen LogP contribution < -0.4 is 10.1 Å². The first-order chi connectivity index (χ1) is 16.1. The summed E-state index contributed by atoms with van der Waals surface area (Å²) in [6.45, 7) is 8.47. The van der Waals surface area contributed by atoms with Crippen LogP contribution in [-0.2, 0) is 16.1 Å². The Labute approximate surface area is 196 Å². The van der Waals surface area contributed by atoms with Gasteiger partial charge in [-0.1, -0.05) is 38.1 Å². The molecule has 3 atom stereocenters. The number of carbonyl (C=O) groups excluding carboxylic acids is 1. The summed E-state index contributed by atoms with van der Waals surface area (Å²) in [7, 11) is 0. The summed E-state index contributed by atoms with van der Waals surface area (Å²) >= 11 is 0. The van der Waals surface area contributed by atoms with Gasteiger partial charge >= 0.3 is 0 Å². The molecule has 0 saturated carbocycles. The lowest BCUT2D eigenvalue weighted by Gasteiger charge is -2.18. The number of imidazole rings is 1. The smallest absolute Gasteiger partial charge is 0.249 e. The molecule has 0 bridgehead atoms. The number of aryl methyl sites for hydroxylation is 1. The van der Waals surface area contributed by atoms with Crippen molar-refractivity contribution in [3.63, 3.8) is 0 Å². The molecule has 1 saturated heterocycles. The highest BCUT2D eigenvalue weighted by Gasteiger charge is 2.26. The molecule has 6 heteroatoms. The molecule has 1 aromatic heterocycles. The first-order valence-corrected chi connectivity index (χ1v) is 12.2. The molecular formula is C27H35N3O3. The van der Waals surface area contributed by atoms with Crippen molar-refractivity contribution in [3.05, 3.63) is 59.9 Å². The van der Waals surface area contributed by atoms with E-state index >= 15 is 0 Å². The third-order valence-electron chi connectivity index (χ3n) is 6.51. The van der Waals surface area contributed by atoms with Crippen molar-refractivity contribution in [1.82, 2.24) is 14.9 Å². The molecule has 3 aromatic rings. The molecule has 0 spiro atoms. The molecule has 1 N–H and O–H groups in total. The number of benzene rings is 2. The number of para-hydroxylation sites is 2. The normalized spacial score (nSPS) is 17.7. The fraction of sp³-hybridized carbons (Fsp3) is 0.481. The van der Waals surface area contributed by atoms with Crippen molar-refractivity contribution in [2.75, 3.05) is 13.2 Å². The largest absolute Gasteiger partial charge is 0.494 e. The lowest BCUT2D eigenvalue weighted by Crippen LogP contribution is -2.36. The number of hydrogen-bond donors (Lipinski definition) is 1. The molecule has 2 heterocycles. The maximum atomic E-state index is 12.6. The molecule has 1 amide bonds. The van der Waals surface area contributed by atoms with Gasteiger partial charge in [0.1, 0.15) is 17.7 Å². The van der Waals surface area contributed by atoms with Gasteiger partial charge in [-0.2, -0.15) is 0 Å². The summed E-state index contributed by atoms with van der Waals surface area (Å²) in [6.07, 6.45) is 3.35. The van der Waals surface area contributed by atoms with Gasteiger partial charge in [-0.25, -0.2) is 4.98 Å². The van der Waals surface area contributed by atoms with Crippen molar-refractivity contribution in [2.24, 2.45) is 0 Å². The van der Waals surface area contributed by atoms with Crippen LogP contribution >= 0.6 is 0 Å². The second-order valence-corrected chi connectivity index (χ2v) is 8.92. The Hall–Kier alpha value is -2.86. The Bertz CT molecular complexity index is 1050. The van der Waals surface area contributed by atoms with Crippen LogP contribution in [0, 0.1) is 0 Å². The van der Waals surface area contributed by atoms with Gasteiger partial charge in [-0.15, -0.1) is 0 Å². The number of nitrogens with one attached hydrogen (secondary N) is 1. The maximum absolute atomic E-state index is 12.6. The lowest BCUT2D eigenvalue weighted by molar-refractivity contribution is -0.130. The van der Waals surface area contributed by atoms with Crippen LogP contribution in [0.1, 0.15) is 69.8 Å². The van der Waals surface area contributed by atoms with E-state index in [1.165, 1.54) is 5.56 Å². The van der Waals surface area contributed by atoms with E-state index in [0.717, 1.165) is 54.8 Å². The van der Waals surface area contributed by atoms with E-state index in [4.69, 9.17) is 14.5 Å². The second-order valence-electron chi connectivity index (χ2n) is 8.92. The quantitative estimate of drug-likeness (QED) is 0.422. The predicted octanol–water partition coefficient (Wildman–Crippen LogP) is 5.38. The summed E-state index contributed by atoms with van der Waals surface area (Å²) in [5, 5.41) is 3.10. The zero-order valence-corrected chi connectivity index (χ0v) is 19.9. The first kappa shape index (κ1) is 23.3. The van der Waals surface area contributed by atoms with E-state index in [0.29, 0.717) is 19.1 Å². The van der Waals surface area contributed by atoms with Gasteiger partial charge in [0.15, 0.2) is 0 Å². The van der Waals surface area contributed by atoms with E-state index in [1.807, 2.05) is 25.1 Å². The summed E-state index contributed by atoms with van der Waals surface area (Å²) in [6, 6.07) is 16.3. The summed E-state index contributed by atoms with van der Waals surface area (Å²) in [5.74, 6) is 2.27. The van der Waals surface area contributed by atoms with Crippen molar-refractivity contribution < 1.29 is 14.3 Å². The third-order valence-corrected chi connectivity index (χ3v) is 6.51. The van der Waals surface area contributed by atoms with Crippen molar-refractivity contribution in [1.29, 1.82) is 0 Å². The fourth-order valence-corrected chi connectivity index (χ4v) is 4.36. The van der Waals surface area contributed by atoms with Crippen molar-refractivity contribution >= 4 is 16.9 Å². The predicted molar refractivity (Wildman–Crippen MR) is 131 cm³/mol. The van der Waals surface area contributed by atoms with Gasteiger partial charge in [-0.05, 0) is 68.4 Å². The van der Waals surface area contributed by atoms with Gasteiger partial charge in [0.25, 0.3) is 0 Å². The molecule has 2 aromatic carbocycles. The van der Waals surface area contributed by atoms with Gasteiger partial charge in [0, 0.05) is 13.2 Å². The molecule has 3 unspecified atom stereocenters. The molecule has 4 rings (SSSR count). The number of nitrogens with zero attached hydrogens (tertiary/aromatic N) is 2. The van der Waals surface area contributed by atoms with Gasteiger partial charge in [0.05, 0.1) is 23.7 Å². The van der Waals surface area contributed by atoms with Crippen molar-refractivity contribution in [2.45, 2.75) is 71.1 Å². The molecule has 0 aliphatic carbocycles. The average Bonchev–Trinajstić information content (AvgIpc) is 3.50. The summed E-state index contributed by atoms with van der Waals surface area (Å²) in [5.41, 5.74) is 3.36. The van der Waals surface area contributed by atoms with E-state index < -0.39 is 0 Å². The van der Waals surface area contributed by atoms with Crippen LogP contribution in [0.2, 0.25) is 0 Å². The summed E-state index contributed by atoms with van der Waals surface area (Å²) < 4.78 is 13.7. The van der Waals surface area contributed by atoms with E-state index in [9.17, 15) is 4.79 Å². The molecule has 0 radical (unpaired) electrons. The van der Waals surface area contributed by atoms with E-state index in [2.05, 4.69) is 54.1 Å². The van der Waals surface area contributed by atoms with E-state index in [1.54, 1.807) is 0 Å². The maximum Gasteiger partial charge on any atom is 0.249 e. The fourth-order valence-electron chi connectivity index (χ4n) is 4.36. The number of hydrogen-bond acceptors (Lipinski definition) is 4. The first-order valence-electron chi connectivity index (χ1n) is 12.2. The van der Waals surface area contributed by atoms with Crippen LogP contribution in [-0.4, -0.2) is 34.8 Å². The highest BCUT2D eigenvalue weighted by molar-refractivity contribution is 5.81. The Morgan fingerprint density at radius 1 is 1.21 bits per heavy atom. The molecule has 1 fully saturated rings. The van der Waals surface area contributed by atoms with Gasteiger partial charge < -0.3 is 19.4 Å². The number of ether oxygens (including phenoxy) is 2. The number of carbonyl (C=O) groups is 1.